The summed E-state index contributed by atoms with van der Waals surface area (Å²) in [5.41, 5.74) is 2.36. The summed E-state index contributed by atoms with van der Waals surface area (Å²) in [5.74, 6) is -2.07. The number of rotatable bonds is 10. The Kier molecular flexibility index (Phi) is 8.54. The summed E-state index contributed by atoms with van der Waals surface area (Å²) in [6.07, 6.45) is 3.41. The van der Waals surface area contributed by atoms with Crippen LogP contribution in [0.1, 0.15) is 44.5 Å². The van der Waals surface area contributed by atoms with Crippen molar-refractivity contribution in [3.05, 3.63) is 101 Å². The number of nitrogens with one attached hydrogen (secondary N) is 3. The first-order chi connectivity index (χ1) is 18.9. The molecule has 4 aromatic rings. The molecule has 0 bridgehead atoms. The molecule has 4 rings (SSSR count). The fraction of sp³-hybridized carbons (Fsp3) is 0.179. The Labute approximate surface area is 223 Å². The van der Waals surface area contributed by atoms with Crippen molar-refractivity contribution < 1.29 is 24.2 Å². The van der Waals surface area contributed by atoms with E-state index in [0.717, 1.165) is 11.6 Å². The summed E-state index contributed by atoms with van der Waals surface area (Å²) < 4.78 is 16.1. The minimum Gasteiger partial charge on any atom is -0.394 e. The predicted octanol–water partition coefficient (Wildman–Crippen LogP) is 3.01. The molecule has 200 valence electrons. The Morgan fingerprint density at radius 2 is 1.90 bits per heavy atom. The van der Waals surface area contributed by atoms with Gasteiger partial charge in [0.2, 0.25) is 0 Å². The van der Waals surface area contributed by atoms with Gasteiger partial charge in [-0.15, -0.1) is 0 Å². The van der Waals surface area contributed by atoms with Gasteiger partial charge in [-0.1, -0.05) is 30.3 Å². The molecule has 10 nitrogen and oxygen atoms in total. The largest absolute Gasteiger partial charge is 0.394 e. The van der Waals surface area contributed by atoms with Gasteiger partial charge in [0.15, 0.2) is 0 Å². The molecule has 0 aliphatic heterocycles. The van der Waals surface area contributed by atoms with Gasteiger partial charge in [-0.05, 0) is 35.9 Å². The van der Waals surface area contributed by atoms with Crippen LogP contribution in [0.5, 0.6) is 0 Å². The lowest BCUT2D eigenvalue weighted by atomic mass is 10.0. The van der Waals surface area contributed by atoms with E-state index in [1.54, 1.807) is 55.7 Å². The Bertz CT molecular complexity index is 1540. The number of aliphatic imine (C=N–C) groups is 1. The number of carbonyl (C=O) groups excluding carboxylic acids is 2. The van der Waals surface area contributed by atoms with Crippen molar-refractivity contribution in [2.45, 2.75) is 18.6 Å². The average molecular weight is 531 g/mol. The van der Waals surface area contributed by atoms with Gasteiger partial charge in [0, 0.05) is 42.7 Å². The van der Waals surface area contributed by atoms with Crippen molar-refractivity contribution >= 4 is 35.1 Å². The molecule has 2 heterocycles. The molecular weight excluding hydrogens is 503 g/mol. The molecular formula is C28H27FN6O4. The third kappa shape index (κ3) is 6.06. The van der Waals surface area contributed by atoms with E-state index in [9.17, 15) is 24.2 Å². The number of anilines is 1. The predicted molar refractivity (Wildman–Crippen MR) is 145 cm³/mol. The second-order valence-corrected chi connectivity index (χ2v) is 8.63. The highest BCUT2D eigenvalue weighted by Crippen LogP contribution is 2.20. The lowest BCUT2D eigenvalue weighted by Gasteiger charge is -2.22. The number of aliphatic hydroxyl groups is 2. The molecule has 0 spiro atoms. The summed E-state index contributed by atoms with van der Waals surface area (Å²) in [4.78, 5) is 34.3. The van der Waals surface area contributed by atoms with E-state index >= 15 is 0 Å². The number of hydrogen-bond donors (Lipinski definition) is 5. The number of halogens is 1. The second-order valence-electron chi connectivity index (χ2n) is 8.63. The standard InChI is InChI=1S/C28H27FN6O4/c1-31-21(9-11-30)18-10-12-35-24(15-32-25(35)14-18)28(39)33-22-13-19(7-8-20(22)29)27(38)34-23(16-36)26(37)17-5-3-2-4-6-17/h2-8,10-15,23,26,30,36-37H,9,16H2,1H3,(H,33,39)(H,34,38). The van der Waals surface area contributed by atoms with E-state index in [4.69, 9.17) is 5.41 Å². The van der Waals surface area contributed by atoms with Crippen LogP contribution in [0, 0.1) is 11.2 Å². The van der Waals surface area contributed by atoms with Crippen molar-refractivity contribution in [3.63, 3.8) is 0 Å². The first-order valence-electron chi connectivity index (χ1n) is 12.0. The number of carbonyl (C=O) groups is 2. The SMILES string of the molecule is CN=C(CC=N)c1ccn2c(C(=O)Nc3cc(C(=O)NC(CO)C(O)c4ccccc4)ccc3F)cnc2c1. The van der Waals surface area contributed by atoms with Gasteiger partial charge < -0.3 is 26.3 Å². The maximum absolute atomic E-state index is 14.6. The van der Waals surface area contributed by atoms with E-state index in [0.29, 0.717) is 23.3 Å². The van der Waals surface area contributed by atoms with E-state index < -0.39 is 36.4 Å². The first-order valence-corrected chi connectivity index (χ1v) is 12.0. The summed E-state index contributed by atoms with van der Waals surface area (Å²) in [6.45, 7) is -0.532. The maximum Gasteiger partial charge on any atom is 0.274 e. The van der Waals surface area contributed by atoms with Crippen LogP contribution in [-0.4, -0.2) is 63.0 Å². The highest BCUT2D eigenvalue weighted by atomic mass is 19.1. The van der Waals surface area contributed by atoms with Crippen LogP contribution in [0.2, 0.25) is 0 Å². The Morgan fingerprint density at radius 3 is 2.59 bits per heavy atom. The zero-order valence-corrected chi connectivity index (χ0v) is 21.0. The van der Waals surface area contributed by atoms with E-state index in [-0.39, 0.29) is 16.9 Å². The van der Waals surface area contributed by atoms with Gasteiger partial charge in [0.1, 0.15) is 23.3 Å². The van der Waals surface area contributed by atoms with Crippen LogP contribution < -0.4 is 10.6 Å². The minimum atomic E-state index is -1.17. The van der Waals surface area contributed by atoms with Gasteiger partial charge in [-0.3, -0.25) is 19.0 Å². The summed E-state index contributed by atoms with van der Waals surface area (Å²) in [6, 6.07) is 14.5. The van der Waals surface area contributed by atoms with Crippen LogP contribution in [-0.2, 0) is 0 Å². The third-order valence-corrected chi connectivity index (χ3v) is 6.16. The molecule has 0 radical (unpaired) electrons. The molecule has 5 N–H and O–H groups in total. The van der Waals surface area contributed by atoms with E-state index in [1.807, 2.05) is 0 Å². The van der Waals surface area contributed by atoms with Gasteiger partial charge in [0.05, 0.1) is 24.5 Å². The number of aliphatic hydroxyl groups excluding tert-OH is 2. The summed E-state index contributed by atoms with van der Waals surface area (Å²) in [5, 5.41) is 32.6. The molecule has 2 amide bonds. The molecule has 0 aliphatic rings. The Hall–Kier alpha value is -4.74. The zero-order chi connectivity index (χ0) is 27.9. The van der Waals surface area contributed by atoms with Gasteiger partial charge in [0.25, 0.3) is 11.8 Å². The van der Waals surface area contributed by atoms with Gasteiger partial charge in [-0.2, -0.15) is 0 Å². The topological polar surface area (TPSA) is 152 Å². The van der Waals surface area contributed by atoms with Crippen molar-refractivity contribution in [2.24, 2.45) is 4.99 Å². The van der Waals surface area contributed by atoms with Crippen molar-refractivity contribution in [3.8, 4) is 0 Å². The monoisotopic (exact) mass is 530 g/mol. The van der Waals surface area contributed by atoms with Crippen molar-refractivity contribution in [1.82, 2.24) is 14.7 Å². The number of fused-ring (bicyclic) bond motifs is 1. The number of pyridine rings is 1. The summed E-state index contributed by atoms with van der Waals surface area (Å²) in [7, 11) is 1.63. The lowest BCUT2D eigenvalue weighted by molar-refractivity contribution is 0.0703. The molecule has 11 heteroatoms. The number of aromatic nitrogens is 2. The van der Waals surface area contributed by atoms with Crippen LogP contribution in [0.25, 0.3) is 5.65 Å². The number of nitrogens with zero attached hydrogens (tertiary/aromatic N) is 3. The smallest absolute Gasteiger partial charge is 0.274 e. The highest BCUT2D eigenvalue weighted by Gasteiger charge is 2.23. The third-order valence-electron chi connectivity index (χ3n) is 6.16. The molecule has 2 aromatic carbocycles. The number of amides is 2. The average Bonchev–Trinajstić information content (AvgIpc) is 3.39. The van der Waals surface area contributed by atoms with Gasteiger partial charge >= 0.3 is 0 Å². The number of hydrogen-bond acceptors (Lipinski definition) is 7. The Morgan fingerprint density at radius 1 is 1.13 bits per heavy atom. The molecule has 2 unspecified atom stereocenters. The summed E-state index contributed by atoms with van der Waals surface area (Å²) >= 11 is 0. The fourth-order valence-electron chi connectivity index (χ4n) is 4.07. The minimum absolute atomic E-state index is 0.0192. The molecule has 2 atom stereocenters. The molecule has 39 heavy (non-hydrogen) atoms. The van der Waals surface area contributed by atoms with Crippen LogP contribution in [0.4, 0.5) is 10.1 Å². The van der Waals surface area contributed by atoms with E-state index in [1.165, 1.54) is 28.9 Å². The van der Waals surface area contributed by atoms with Crippen molar-refractivity contribution in [2.75, 3.05) is 19.0 Å². The molecule has 0 aliphatic carbocycles. The first kappa shape index (κ1) is 27.3. The Balaban J connectivity index is 1.52. The second kappa shape index (κ2) is 12.2. The highest BCUT2D eigenvalue weighted by molar-refractivity contribution is 6.08. The lowest BCUT2D eigenvalue weighted by Crippen LogP contribution is -2.42. The van der Waals surface area contributed by atoms with Crippen LogP contribution in [0.3, 0.4) is 0 Å². The number of benzene rings is 2. The van der Waals surface area contributed by atoms with Crippen LogP contribution >= 0.6 is 0 Å². The number of imidazole rings is 1. The molecule has 0 fully saturated rings. The van der Waals surface area contributed by atoms with E-state index in [2.05, 4.69) is 20.6 Å². The van der Waals surface area contributed by atoms with Crippen molar-refractivity contribution in [1.29, 1.82) is 5.41 Å². The van der Waals surface area contributed by atoms with Gasteiger partial charge in [-0.25, -0.2) is 9.37 Å². The quantitative estimate of drug-likeness (QED) is 0.200. The molecule has 2 aromatic heterocycles. The zero-order valence-electron chi connectivity index (χ0n) is 21.0. The fourth-order valence-corrected chi connectivity index (χ4v) is 4.07. The maximum atomic E-state index is 14.6. The normalized spacial score (nSPS) is 13.1. The molecule has 0 saturated heterocycles. The molecule has 0 saturated carbocycles. The van der Waals surface area contributed by atoms with Crippen LogP contribution in [0.15, 0.2) is 78.0 Å².